The summed E-state index contributed by atoms with van der Waals surface area (Å²) in [6.07, 6.45) is 3.64. The molecule has 0 bridgehead atoms. The average molecular weight is 626 g/mol. The molecule has 0 amide bonds. The third-order valence-corrected chi connectivity index (χ3v) is 9.67. The first-order valence-corrected chi connectivity index (χ1v) is 16.6. The van der Waals surface area contributed by atoms with E-state index in [4.69, 9.17) is 15.0 Å². The van der Waals surface area contributed by atoms with Crippen LogP contribution in [-0.4, -0.2) is 15.0 Å². The molecule has 5 aromatic carbocycles. The van der Waals surface area contributed by atoms with Gasteiger partial charge in [-0.3, -0.25) is 9.97 Å². The summed E-state index contributed by atoms with van der Waals surface area (Å²) in [6.45, 7) is 0. The number of fused-ring (bicyclic) bond motifs is 3. The second-order valence-corrected chi connectivity index (χ2v) is 12.4. The number of aromatic nitrogens is 3. The van der Waals surface area contributed by atoms with E-state index < -0.39 is 5.41 Å². The van der Waals surface area contributed by atoms with Gasteiger partial charge in [0.1, 0.15) is 0 Å². The monoisotopic (exact) mass is 625 g/mol. The first-order valence-electron chi connectivity index (χ1n) is 16.6. The molecule has 0 N–H and O–H groups in total. The van der Waals surface area contributed by atoms with Crippen LogP contribution in [0.3, 0.4) is 0 Å². The zero-order chi connectivity index (χ0) is 32.6. The lowest BCUT2D eigenvalue weighted by Crippen LogP contribution is -2.28. The molecule has 0 radical (unpaired) electrons. The largest absolute Gasteiger partial charge is 0.255 e. The molecule has 3 nitrogen and oxygen atoms in total. The first kappa shape index (κ1) is 28.7. The Balaban J connectivity index is 1.39. The molecule has 230 valence electrons. The van der Waals surface area contributed by atoms with Gasteiger partial charge >= 0.3 is 0 Å². The Hall–Kier alpha value is -6.45. The van der Waals surface area contributed by atoms with E-state index in [9.17, 15) is 0 Å². The van der Waals surface area contributed by atoms with Crippen molar-refractivity contribution in [3.8, 4) is 56.2 Å². The fraction of sp³-hybridized carbons (Fsp3) is 0.0217. The van der Waals surface area contributed by atoms with Crippen LogP contribution in [0.1, 0.15) is 22.3 Å². The zero-order valence-corrected chi connectivity index (χ0v) is 26.7. The summed E-state index contributed by atoms with van der Waals surface area (Å²) in [4.78, 5) is 14.5. The summed E-state index contributed by atoms with van der Waals surface area (Å²) >= 11 is 0. The SMILES string of the molecule is c1ccc(-c2cc3c(cc2-c2cc(-c4ccccn4)nc(-c4ccccn4)c2)-c2ccccc2C3(c2ccccc2)c2ccccc2)cc1. The number of rotatable bonds is 6. The molecule has 49 heavy (non-hydrogen) atoms. The lowest BCUT2D eigenvalue weighted by molar-refractivity contribution is 0.769. The fourth-order valence-corrected chi connectivity index (χ4v) is 7.56. The molecule has 3 aromatic heterocycles. The summed E-state index contributed by atoms with van der Waals surface area (Å²) < 4.78 is 0. The number of benzene rings is 5. The Morgan fingerprint density at radius 1 is 0.327 bits per heavy atom. The van der Waals surface area contributed by atoms with Crippen LogP contribution >= 0.6 is 0 Å². The maximum Gasteiger partial charge on any atom is 0.0900 e. The van der Waals surface area contributed by atoms with Gasteiger partial charge in [-0.2, -0.15) is 0 Å². The van der Waals surface area contributed by atoms with Crippen LogP contribution < -0.4 is 0 Å². The van der Waals surface area contributed by atoms with Crippen molar-refractivity contribution < 1.29 is 0 Å². The lowest BCUT2D eigenvalue weighted by atomic mass is 9.67. The molecule has 0 spiro atoms. The molecular formula is C46H31N3. The normalized spacial score (nSPS) is 12.7. The summed E-state index contributed by atoms with van der Waals surface area (Å²) in [5, 5.41) is 0. The van der Waals surface area contributed by atoms with Gasteiger partial charge in [0, 0.05) is 12.4 Å². The fourth-order valence-electron chi connectivity index (χ4n) is 7.56. The minimum Gasteiger partial charge on any atom is -0.255 e. The van der Waals surface area contributed by atoms with E-state index >= 15 is 0 Å². The van der Waals surface area contributed by atoms with Crippen LogP contribution in [0.15, 0.2) is 188 Å². The van der Waals surface area contributed by atoms with Crippen molar-refractivity contribution in [2.45, 2.75) is 5.41 Å². The molecule has 3 heterocycles. The smallest absolute Gasteiger partial charge is 0.0900 e. The minimum absolute atomic E-state index is 0.493. The van der Waals surface area contributed by atoms with Crippen LogP contribution in [0.4, 0.5) is 0 Å². The molecule has 0 saturated heterocycles. The molecule has 0 unspecified atom stereocenters. The highest BCUT2D eigenvalue weighted by Gasteiger charge is 2.46. The zero-order valence-electron chi connectivity index (χ0n) is 26.7. The standard InChI is InChI=1S/C46H31N3/c1-4-16-32(17-5-1)38-31-41-39(36-22-10-11-23-40(36)46(41,34-18-6-2-7-19-34)35-20-8-3-9-21-35)30-37(38)33-28-44(42-24-12-14-26-47-42)49-45(29-33)43-25-13-15-27-48-43/h1-31H. The Bertz CT molecular complexity index is 2310. The summed E-state index contributed by atoms with van der Waals surface area (Å²) in [7, 11) is 0. The molecule has 0 fully saturated rings. The van der Waals surface area contributed by atoms with Gasteiger partial charge < -0.3 is 0 Å². The summed E-state index contributed by atoms with van der Waals surface area (Å²) in [6, 6.07) is 62.7. The molecule has 0 atom stereocenters. The second-order valence-electron chi connectivity index (χ2n) is 12.4. The Morgan fingerprint density at radius 2 is 0.837 bits per heavy atom. The second kappa shape index (κ2) is 12.0. The van der Waals surface area contributed by atoms with Gasteiger partial charge in [-0.25, -0.2) is 4.98 Å². The molecule has 1 aliphatic rings. The number of hydrogen-bond acceptors (Lipinski definition) is 3. The molecule has 0 saturated carbocycles. The summed E-state index contributed by atoms with van der Waals surface area (Å²) in [5.74, 6) is 0. The molecule has 3 heteroatoms. The van der Waals surface area contributed by atoms with Gasteiger partial charge in [-0.05, 0) is 104 Å². The third-order valence-electron chi connectivity index (χ3n) is 9.67. The third kappa shape index (κ3) is 4.78. The van der Waals surface area contributed by atoms with Crippen molar-refractivity contribution in [3.63, 3.8) is 0 Å². The molecule has 0 aliphatic heterocycles. The predicted octanol–water partition coefficient (Wildman–Crippen LogP) is 10.9. The van der Waals surface area contributed by atoms with Crippen LogP contribution in [0.5, 0.6) is 0 Å². The highest BCUT2D eigenvalue weighted by molar-refractivity contribution is 5.95. The maximum absolute atomic E-state index is 5.09. The van der Waals surface area contributed by atoms with Crippen LogP contribution in [0, 0.1) is 0 Å². The molecule has 8 aromatic rings. The van der Waals surface area contributed by atoms with Gasteiger partial charge in [-0.1, -0.05) is 127 Å². The van der Waals surface area contributed by atoms with Crippen molar-refractivity contribution in [2.24, 2.45) is 0 Å². The van der Waals surface area contributed by atoms with Crippen molar-refractivity contribution in [1.29, 1.82) is 0 Å². The lowest BCUT2D eigenvalue weighted by Gasteiger charge is -2.34. The molecule has 1 aliphatic carbocycles. The number of pyridine rings is 3. The first-order chi connectivity index (χ1) is 24.3. The highest BCUT2D eigenvalue weighted by atomic mass is 14.8. The van der Waals surface area contributed by atoms with Gasteiger partial charge in [-0.15, -0.1) is 0 Å². The maximum atomic E-state index is 5.09. The predicted molar refractivity (Wildman–Crippen MR) is 199 cm³/mol. The quantitative estimate of drug-likeness (QED) is 0.185. The van der Waals surface area contributed by atoms with Gasteiger partial charge in [0.15, 0.2) is 0 Å². The van der Waals surface area contributed by atoms with Gasteiger partial charge in [0.05, 0.1) is 28.2 Å². The Kier molecular flexibility index (Phi) is 7.02. The van der Waals surface area contributed by atoms with Crippen LogP contribution in [0.25, 0.3) is 56.2 Å². The molecule has 9 rings (SSSR count). The van der Waals surface area contributed by atoms with E-state index in [1.165, 1.54) is 33.4 Å². The van der Waals surface area contributed by atoms with E-state index in [0.717, 1.165) is 45.0 Å². The number of hydrogen-bond donors (Lipinski definition) is 0. The average Bonchev–Trinajstić information content (AvgIpc) is 3.49. The van der Waals surface area contributed by atoms with E-state index in [-0.39, 0.29) is 0 Å². The van der Waals surface area contributed by atoms with Gasteiger partial charge in [0.2, 0.25) is 0 Å². The van der Waals surface area contributed by atoms with Crippen molar-refractivity contribution in [3.05, 3.63) is 211 Å². The van der Waals surface area contributed by atoms with Crippen LogP contribution in [-0.2, 0) is 5.41 Å². The minimum atomic E-state index is -0.493. The number of nitrogens with zero attached hydrogens (tertiary/aromatic N) is 3. The highest BCUT2D eigenvalue weighted by Crippen LogP contribution is 2.58. The van der Waals surface area contributed by atoms with Crippen molar-refractivity contribution >= 4 is 0 Å². The van der Waals surface area contributed by atoms with Crippen LogP contribution in [0.2, 0.25) is 0 Å². The van der Waals surface area contributed by atoms with Gasteiger partial charge in [0.25, 0.3) is 0 Å². The Labute approximate surface area is 286 Å². The topological polar surface area (TPSA) is 38.7 Å². The van der Waals surface area contributed by atoms with E-state index in [1.54, 1.807) is 0 Å². The Morgan fingerprint density at radius 3 is 1.41 bits per heavy atom. The van der Waals surface area contributed by atoms with Crippen molar-refractivity contribution in [1.82, 2.24) is 15.0 Å². The molecular weight excluding hydrogens is 595 g/mol. The van der Waals surface area contributed by atoms with E-state index in [2.05, 4.69) is 140 Å². The van der Waals surface area contributed by atoms with Crippen molar-refractivity contribution in [2.75, 3.05) is 0 Å². The van der Waals surface area contributed by atoms with E-state index in [1.807, 2.05) is 48.8 Å². The summed E-state index contributed by atoms with van der Waals surface area (Å²) in [5.41, 5.74) is 14.8. The van der Waals surface area contributed by atoms with E-state index in [0.29, 0.717) is 0 Å².